The number of phosphoric acid groups is 1. The van der Waals surface area contributed by atoms with Crippen molar-refractivity contribution < 1.29 is 28.0 Å². The summed E-state index contributed by atoms with van der Waals surface area (Å²) in [5, 5.41) is 1.30. The molecule has 0 amide bonds. The fraction of sp³-hybridized carbons (Fsp3) is 0.400. The molecule has 0 saturated heterocycles. The summed E-state index contributed by atoms with van der Waals surface area (Å²) in [6, 6.07) is 14.5. The molecule has 0 radical (unpaired) electrons. The third kappa shape index (κ3) is 10.1. The summed E-state index contributed by atoms with van der Waals surface area (Å²) in [7, 11) is -4.20. The predicted molar refractivity (Wildman–Crippen MR) is 113 cm³/mol. The van der Waals surface area contributed by atoms with Crippen molar-refractivity contribution in [2.75, 3.05) is 13.2 Å². The molecule has 2 aromatic rings. The van der Waals surface area contributed by atoms with Crippen molar-refractivity contribution in [3.8, 4) is 0 Å². The van der Waals surface area contributed by atoms with Crippen LogP contribution in [0.4, 0.5) is 0 Å². The number of hydrogen-bond acceptors (Lipinski definition) is 5. The SMILES string of the molecule is CC(COP(=O)(O)OCC(C)OCc1ccc(Cl)cc1)OCc1ccc(Cl)cc1. The maximum Gasteiger partial charge on any atom is 0.472 e. The molecule has 2 rings (SSSR count). The first-order valence-electron chi connectivity index (χ1n) is 9.07. The van der Waals surface area contributed by atoms with Gasteiger partial charge in [-0.15, -0.1) is 0 Å². The van der Waals surface area contributed by atoms with Crippen LogP contribution in [-0.4, -0.2) is 30.3 Å². The van der Waals surface area contributed by atoms with Gasteiger partial charge in [0, 0.05) is 10.0 Å². The zero-order valence-electron chi connectivity index (χ0n) is 16.3. The number of rotatable bonds is 12. The van der Waals surface area contributed by atoms with Crippen molar-refractivity contribution >= 4 is 31.0 Å². The van der Waals surface area contributed by atoms with Gasteiger partial charge in [-0.05, 0) is 49.2 Å². The maximum absolute atomic E-state index is 12.0. The summed E-state index contributed by atoms with van der Waals surface area (Å²) in [6.45, 7) is 4.01. The Morgan fingerprint density at radius 2 is 1.14 bits per heavy atom. The van der Waals surface area contributed by atoms with Gasteiger partial charge in [0.15, 0.2) is 0 Å². The summed E-state index contributed by atoms with van der Waals surface area (Å²) in [4.78, 5) is 9.81. The van der Waals surface area contributed by atoms with Gasteiger partial charge in [-0.2, -0.15) is 0 Å². The Hall–Kier alpha value is -0.950. The molecule has 0 aliphatic carbocycles. The van der Waals surface area contributed by atoms with Crippen LogP contribution in [0.2, 0.25) is 10.0 Å². The highest BCUT2D eigenvalue weighted by Crippen LogP contribution is 2.43. The molecule has 0 spiro atoms. The van der Waals surface area contributed by atoms with Crippen molar-refractivity contribution in [1.82, 2.24) is 0 Å². The summed E-state index contributed by atoms with van der Waals surface area (Å²) in [5.74, 6) is 0. The number of phosphoric ester groups is 1. The van der Waals surface area contributed by atoms with Gasteiger partial charge < -0.3 is 14.4 Å². The van der Waals surface area contributed by atoms with E-state index in [1.165, 1.54) is 0 Å². The number of benzene rings is 2. The lowest BCUT2D eigenvalue weighted by atomic mass is 10.2. The Morgan fingerprint density at radius 1 is 0.793 bits per heavy atom. The van der Waals surface area contributed by atoms with E-state index >= 15 is 0 Å². The molecule has 0 aliphatic heterocycles. The summed E-state index contributed by atoms with van der Waals surface area (Å²) in [6.07, 6.45) is -0.790. The lowest BCUT2D eigenvalue weighted by Gasteiger charge is -2.18. The molecule has 2 aromatic carbocycles. The topological polar surface area (TPSA) is 74.2 Å². The molecule has 29 heavy (non-hydrogen) atoms. The van der Waals surface area contributed by atoms with Crippen LogP contribution in [0.15, 0.2) is 48.5 Å². The third-order valence-electron chi connectivity index (χ3n) is 3.84. The van der Waals surface area contributed by atoms with Crippen LogP contribution in [0.25, 0.3) is 0 Å². The van der Waals surface area contributed by atoms with Gasteiger partial charge >= 0.3 is 7.82 Å². The van der Waals surface area contributed by atoms with E-state index in [1.807, 2.05) is 24.3 Å². The number of hydrogen-bond donors (Lipinski definition) is 1. The maximum atomic E-state index is 12.0. The zero-order valence-corrected chi connectivity index (χ0v) is 18.7. The van der Waals surface area contributed by atoms with E-state index in [2.05, 4.69) is 0 Å². The van der Waals surface area contributed by atoms with Crippen LogP contribution >= 0.6 is 31.0 Å². The molecule has 2 atom stereocenters. The van der Waals surface area contributed by atoms with Crippen molar-refractivity contribution in [2.45, 2.75) is 39.3 Å². The normalized spacial score (nSPS) is 15.6. The first-order chi connectivity index (χ1) is 13.7. The van der Waals surface area contributed by atoms with Crippen molar-refractivity contribution in [1.29, 1.82) is 0 Å². The average molecular weight is 463 g/mol. The molecule has 1 N–H and O–H groups in total. The summed E-state index contributed by atoms with van der Waals surface area (Å²) in [5.41, 5.74) is 1.88. The second kappa shape index (κ2) is 12.0. The van der Waals surface area contributed by atoms with Gasteiger partial charge in [-0.3, -0.25) is 9.05 Å². The molecule has 0 fully saturated rings. The van der Waals surface area contributed by atoms with E-state index in [-0.39, 0.29) is 13.2 Å². The fourth-order valence-electron chi connectivity index (χ4n) is 2.17. The van der Waals surface area contributed by atoms with Crippen molar-refractivity contribution in [3.05, 3.63) is 69.7 Å². The summed E-state index contributed by atoms with van der Waals surface area (Å²) >= 11 is 11.7. The minimum Gasteiger partial charge on any atom is -0.371 e. The van der Waals surface area contributed by atoms with E-state index < -0.39 is 20.0 Å². The van der Waals surface area contributed by atoms with Crippen LogP contribution < -0.4 is 0 Å². The van der Waals surface area contributed by atoms with Gasteiger partial charge in [0.2, 0.25) is 0 Å². The largest absolute Gasteiger partial charge is 0.472 e. The molecule has 0 aromatic heterocycles. The van der Waals surface area contributed by atoms with Crippen LogP contribution in [-0.2, 0) is 36.3 Å². The third-order valence-corrected chi connectivity index (χ3v) is 5.29. The van der Waals surface area contributed by atoms with Crippen LogP contribution in [0.3, 0.4) is 0 Å². The highest BCUT2D eigenvalue weighted by molar-refractivity contribution is 7.47. The second-order valence-corrected chi connectivity index (χ2v) is 8.88. The molecule has 9 heteroatoms. The van der Waals surface area contributed by atoms with E-state index in [0.717, 1.165) is 11.1 Å². The van der Waals surface area contributed by atoms with Gasteiger partial charge in [-0.1, -0.05) is 47.5 Å². The first-order valence-corrected chi connectivity index (χ1v) is 11.3. The van der Waals surface area contributed by atoms with Gasteiger partial charge in [-0.25, -0.2) is 4.57 Å². The lowest BCUT2D eigenvalue weighted by molar-refractivity contribution is -0.00689. The Labute approximate surface area is 181 Å². The molecule has 160 valence electrons. The van der Waals surface area contributed by atoms with E-state index in [0.29, 0.717) is 23.3 Å². The van der Waals surface area contributed by atoms with Gasteiger partial charge in [0.05, 0.1) is 38.6 Å². The smallest absolute Gasteiger partial charge is 0.371 e. The Morgan fingerprint density at radius 3 is 1.48 bits per heavy atom. The average Bonchev–Trinajstić information content (AvgIpc) is 2.70. The molecule has 0 heterocycles. The standard InChI is InChI=1S/C20H25Cl2O6P/c1-15(25-13-17-3-7-19(21)8-4-17)11-27-29(23,24)28-12-16(2)26-14-18-5-9-20(22)10-6-18/h3-10,15-16H,11-14H2,1-2H3,(H,23,24). The lowest BCUT2D eigenvalue weighted by Crippen LogP contribution is -2.18. The van der Waals surface area contributed by atoms with Gasteiger partial charge in [0.1, 0.15) is 0 Å². The molecular formula is C20H25Cl2O6P. The zero-order chi connectivity index (χ0) is 21.3. The fourth-order valence-corrected chi connectivity index (χ4v) is 3.29. The van der Waals surface area contributed by atoms with Crippen LogP contribution in [0, 0.1) is 0 Å². The molecular weight excluding hydrogens is 438 g/mol. The number of halogens is 2. The molecule has 0 bridgehead atoms. The highest BCUT2D eigenvalue weighted by Gasteiger charge is 2.23. The molecule has 0 aliphatic rings. The van der Waals surface area contributed by atoms with Crippen molar-refractivity contribution in [2.24, 2.45) is 0 Å². The van der Waals surface area contributed by atoms with Crippen LogP contribution in [0.1, 0.15) is 25.0 Å². The summed E-state index contributed by atoms with van der Waals surface area (Å²) < 4.78 is 33.2. The Balaban J connectivity index is 1.64. The van der Waals surface area contributed by atoms with E-state index in [4.69, 9.17) is 41.7 Å². The van der Waals surface area contributed by atoms with Gasteiger partial charge in [0.25, 0.3) is 0 Å². The molecule has 2 unspecified atom stereocenters. The van der Waals surface area contributed by atoms with Crippen LogP contribution in [0.5, 0.6) is 0 Å². The first kappa shape index (κ1) is 24.3. The predicted octanol–water partition coefficient (Wildman–Crippen LogP) is 5.64. The quantitative estimate of drug-likeness (QED) is 0.411. The minimum absolute atomic E-state index is 0.0820. The monoisotopic (exact) mass is 462 g/mol. The number of ether oxygens (including phenoxy) is 2. The minimum atomic E-state index is -4.20. The van der Waals surface area contributed by atoms with Crippen molar-refractivity contribution in [3.63, 3.8) is 0 Å². The highest BCUT2D eigenvalue weighted by atomic mass is 35.5. The Bertz CT molecular complexity index is 721. The second-order valence-electron chi connectivity index (χ2n) is 6.56. The van der Waals surface area contributed by atoms with E-state index in [9.17, 15) is 9.46 Å². The molecule has 0 saturated carbocycles. The van der Waals surface area contributed by atoms with E-state index in [1.54, 1.807) is 38.1 Å². The Kier molecular flexibility index (Phi) is 10.1. The molecule has 6 nitrogen and oxygen atoms in total.